The molecule has 3 aromatic rings. The van der Waals surface area contributed by atoms with E-state index in [9.17, 15) is 22.8 Å². The molecule has 0 radical (unpaired) electrons. The number of rotatable bonds is 4. The van der Waals surface area contributed by atoms with Crippen molar-refractivity contribution < 1.29 is 18.0 Å². The van der Waals surface area contributed by atoms with Gasteiger partial charge in [-0.1, -0.05) is 6.92 Å². The zero-order valence-electron chi connectivity index (χ0n) is 15.8. The van der Waals surface area contributed by atoms with E-state index in [1.807, 2.05) is 13.8 Å². The number of pyridine rings is 1. The summed E-state index contributed by atoms with van der Waals surface area (Å²) in [5, 5.41) is 3.21. The molecule has 6 nitrogen and oxygen atoms in total. The number of nitrogens with zero attached hydrogens (tertiary/aromatic N) is 3. The second kappa shape index (κ2) is 7.16. The number of hydrogen-bond acceptors (Lipinski definition) is 5. The highest BCUT2D eigenvalue weighted by molar-refractivity contribution is 7.25. The zero-order valence-corrected chi connectivity index (χ0v) is 16.6. The smallest absolute Gasteiger partial charge is 0.352 e. The van der Waals surface area contributed by atoms with Gasteiger partial charge in [0.15, 0.2) is 0 Å². The minimum atomic E-state index is -4.58. The number of alkyl halides is 3. The molecule has 3 rings (SSSR count). The van der Waals surface area contributed by atoms with Gasteiger partial charge in [-0.05, 0) is 38.8 Å². The molecular weight excluding hydrogens is 393 g/mol. The van der Waals surface area contributed by atoms with Crippen molar-refractivity contribution in [3.05, 3.63) is 33.5 Å². The average Bonchev–Trinajstić information content (AvgIpc) is 2.96. The Morgan fingerprint density at radius 1 is 1.32 bits per heavy atom. The fourth-order valence-electron chi connectivity index (χ4n) is 2.90. The summed E-state index contributed by atoms with van der Waals surface area (Å²) in [4.78, 5) is 33.3. The predicted octanol–water partition coefficient (Wildman–Crippen LogP) is 3.56. The van der Waals surface area contributed by atoms with Gasteiger partial charge in [-0.25, -0.2) is 9.97 Å². The van der Waals surface area contributed by atoms with Crippen LogP contribution in [0.15, 0.2) is 10.9 Å². The van der Waals surface area contributed by atoms with E-state index in [-0.39, 0.29) is 28.0 Å². The standard InChI is InChI=1S/C18H19F3N4O2S/c1-5-9(3)22-12(26)7-25-10(4)23-14-13-8(2)6-11(18(19,20)21)24-16(13)28-15(14)17(25)27/h6,9H,5,7H2,1-4H3,(H,22,26). The lowest BCUT2D eigenvalue weighted by molar-refractivity contribution is -0.141. The van der Waals surface area contributed by atoms with E-state index >= 15 is 0 Å². The quantitative estimate of drug-likeness (QED) is 0.711. The maximum absolute atomic E-state index is 13.1. The lowest BCUT2D eigenvalue weighted by Gasteiger charge is -2.13. The fourth-order valence-corrected chi connectivity index (χ4v) is 4.04. The molecule has 1 amide bonds. The van der Waals surface area contributed by atoms with Crippen LogP contribution in [0.2, 0.25) is 0 Å². The molecule has 0 bridgehead atoms. The first-order chi connectivity index (χ1) is 13.0. The number of carbonyl (C=O) groups is 1. The van der Waals surface area contributed by atoms with E-state index in [1.165, 1.54) is 11.5 Å². The van der Waals surface area contributed by atoms with Crippen LogP contribution in [0.1, 0.15) is 37.4 Å². The normalized spacial score (nSPS) is 13.2. The summed E-state index contributed by atoms with van der Waals surface area (Å²) in [5.74, 6) is -0.00808. The molecule has 0 aliphatic carbocycles. The van der Waals surface area contributed by atoms with Gasteiger partial charge < -0.3 is 5.32 Å². The molecule has 1 unspecified atom stereocenters. The van der Waals surface area contributed by atoms with E-state index in [4.69, 9.17) is 0 Å². The van der Waals surface area contributed by atoms with Crippen molar-refractivity contribution in [2.45, 2.75) is 52.9 Å². The maximum Gasteiger partial charge on any atom is 0.433 e. The lowest BCUT2D eigenvalue weighted by Crippen LogP contribution is -2.37. The van der Waals surface area contributed by atoms with E-state index in [0.29, 0.717) is 22.3 Å². The van der Waals surface area contributed by atoms with Crippen molar-refractivity contribution in [2.24, 2.45) is 0 Å². The van der Waals surface area contributed by atoms with E-state index in [1.54, 1.807) is 6.92 Å². The van der Waals surface area contributed by atoms with Crippen molar-refractivity contribution in [3.63, 3.8) is 0 Å². The Kier molecular flexibility index (Phi) is 5.18. The average molecular weight is 412 g/mol. The number of amides is 1. The highest BCUT2D eigenvalue weighted by Gasteiger charge is 2.33. The van der Waals surface area contributed by atoms with Gasteiger partial charge in [0.2, 0.25) is 5.91 Å². The van der Waals surface area contributed by atoms with E-state index in [0.717, 1.165) is 23.8 Å². The first-order valence-corrected chi connectivity index (χ1v) is 9.52. The maximum atomic E-state index is 13.1. The number of hydrogen-bond donors (Lipinski definition) is 1. The molecule has 0 saturated heterocycles. The number of aromatic nitrogens is 3. The van der Waals surface area contributed by atoms with Gasteiger partial charge in [0.25, 0.3) is 5.56 Å². The largest absolute Gasteiger partial charge is 0.433 e. The van der Waals surface area contributed by atoms with Gasteiger partial charge in [-0.15, -0.1) is 11.3 Å². The third-order valence-corrected chi connectivity index (χ3v) is 5.61. The van der Waals surface area contributed by atoms with Crippen LogP contribution in [0.4, 0.5) is 13.2 Å². The Morgan fingerprint density at radius 3 is 2.61 bits per heavy atom. The molecule has 1 N–H and O–H groups in total. The van der Waals surface area contributed by atoms with Crippen LogP contribution in [-0.4, -0.2) is 26.5 Å². The summed E-state index contributed by atoms with van der Waals surface area (Å²) in [7, 11) is 0. The number of carbonyl (C=O) groups excluding carboxylic acids is 1. The molecule has 1 atom stereocenters. The number of nitrogens with one attached hydrogen (secondary N) is 1. The molecular formula is C18H19F3N4O2S. The van der Waals surface area contributed by atoms with Crippen LogP contribution in [0.25, 0.3) is 20.4 Å². The van der Waals surface area contributed by atoms with Gasteiger partial charge in [-0.2, -0.15) is 13.2 Å². The Hall–Kier alpha value is -2.49. The third-order valence-electron chi connectivity index (χ3n) is 4.55. The molecule has 3 aromatic heterocycles. The molecule has 0 aliphatic heterocycles. The van der Waals surface area contributed by atoms with Crippen LogP contribution in [0.5, 0.6) is 0 Å². The molecule has 150 valence electrons. The Morgan fingerprint density at radius 2 is 2.00 bits per heavy atom. The van der Waals surface area contributed by atoms with Crippen LogP contribution in [0, 0.1) is 13.8 Å². The number of thiophene rings is 1. The highest BCUT2D eigenvalue weighted by atomic mass is 32.1. The van der Waals surface area contributed by atoms with Crippen molar-refractivity contribution in [1.82, 2.24) is 19.9 Å². The number of fused-ring (bicyclic) bond motifs is 3. The molecule has 0 aromatic carbocycles. The molecule has 10 heteroatoms. The van der Waals surface area contributed by atoms with Crippen molar-refractivity contribution in [2.75, 3.05) is 0 Å². The minimum absolute atomic E-state index is 0.0304. The minimum Gasteiger partial charge on any atom is -0.352 e. The third kappa shape index (κ3) is 3.60. The monoisotopic (exact) mass is 412 g/mol. The number of halogens is 3. The van der Waals surface area contributed by atoms with Gasteiger partial charge in [0.1, 0.15) is 27.6 Å². The van der Waals surface area contributed by atoms with Crippen molar-refractivity contribution in [1.29, 1.82) is 0 Å². The van der Waals surface area contributed by atoms with Gasteiger partial charge in [-0.3, -0.25) is 14.2 Å². The lowest BCUT2D eigenvalue weighted by atomic mass is 10.1. The van der Waals surface area contributed by atoms with Crippen LogP contribution in [0.3, 0.4) is 0 Å². The SMILES string of the molecule is CCC(C)NC(=O)Cn1c(C)nc2c(sc3nc(C(F)(F)F)cc(C)c32)c1=O. The Bertz CT molecular complexity index is 1130. The summed E-state index contributed by atoms with van der Waals surface area (Å²) in [6.07, 6.45) is -3.83. The Labute approximate surface area is 162 Å². The summed E-state index contributed by atoms with van der Waals surface area (Å²) in [6, 6.07) is 0.925. The highest BCUT2D eigenvalue weighted by Crippen LogP contribution is 2.36. The topological polar surface area (TPSA) is 76.9 Å². The van der Waals surface area contributed by atoms with Crippen molar-refractivity contribution in [3.8, 4) is 0 Å². The second-order valence-electron chi connectivity index (χ2n) is 6.71. The molecule has 0 saturated carbocycles. The first-order valence-electron chi connectivity index (χ1n) is 8.70. The summed E-state index contributed by atoms with van der Waals surface area (Å²) < 4.78 is 40.6. The molecule has 0 fully saturated rings. The van der Waals surface area contributed by atoms with E-state index < -0.39 is 17.4 Å². The van der Waals surface area contributed by atoms with Crippen LogP contribution < -0.4 is 10.9 Å². The van der Waals surface area contributed by atoms with Crippen molar-refractivity contribution >= 4 is 37.7 Å². The number of aryl methyl sites for hydroxylation is 2. The fraction of sp³-hybridized carbons (Fsp3) is 0.444. The van der Waals surface area contributed by atoms with Crippen LogP contribution >= 0.6 is 11.3 Å². The van der Waals surface area contributed by atoms with Gasteiger partial charge in [0, 0.05) is 11.4 Å². The van der Waals surface area contributed by atoms with E-state index in [2.05, 4.69) is 15.3 Å². The zero-order chi connectivity index (χ0) is 20.8. The van der Waals surface area contributed by atoms with Gasteiger partial charge >= 0.3 is 6.18 Å². The summed E-state index contributed by atoms with van der Waals surface area (Å²) in [6.45, 7) is 6.71. The van der Waals surface area contributed by atoms with Crippen LogP contribution in [-0.2, 0) is 17.5 Å². The predicted molar refractivity (Wildman–Crippen MR) is 102 cm³/mol. The molecule has 3 heterocycles. The molecule has 28 heavy (non-hydrogen) atoms. The second-order valence-corrected chi connectivity index (χ2v) is 7.71. The summed E-state index contributed by atoms with van der Waals surface area (Å²) in [5.41, 5.74) is -0.797. The molecule has 0 aliphatic rings. The first kappa shape index (κ1) is 20.2. The molecule has 0 spiro atoms. The summed E-state index contributed by atoms with van der Waals surface area (Å²) >= 11 is 0.862. The Balaban J connectivity index is 2.16. The van der Waals surface area contributed by atoms with Gasteiger partial charge in [0.05, 0.1) is 5.52 Å².